The largest absolute Gasteiger partial charge is 0.473 e. The molecule has 7 nitrogen and oxygen atoms in total. The summed E-state index contributed by atoms with van der Waals surface area (Å²) in [5, 5.41) is 6.11. The van der Waals surface area contributed by atoms with Crippen LogP contribution in [0.1, 0.15) is 5.69 Å². The standard InChI is InChI=1S/C15H12FN5O2S/c1-8-13(24-15(18-8)23-2)11-5-6-17-14(20-11)19-9-3-4-10(16)12(7-9)21-22/h3-7H,1-2H3,(H,17,19,20). The Morgan fingerprint density at radius 3 is 2.83 bits per heavy atom. The first-order chi connectivity index (χ1) is 11.6. The molecule has 0 unspecified atom stereocenters. The minimum Gasteiger partial charge on any atom is -0.473 e. The normalized spacial score (nSPS) is 10.5. The van der Waals surface area contributed by atoms with E-state index in [1.54, 1.807) is 19.4 Å². The zero-order chi connectivity index (χ0) is 17.1. The molecule has 0 aliphatic heterocycles. The number of hydrogen-bond donors (Lipinski definition) is 1. The third-order valence-electron chi connectivity index (χ3n) is 3.14. The lowest BCUT2D eigenvalue weighted by Crippen LogP contribution is -1.98. The van der Waals surface area contributed by atoms with Crippen LogP contribution in [0.2, 0.25) is 0 Å². The molecule has 3 aromatic rings. The maximum Gasteiger partial charge on any atom is 0.273 e. The molecular weight excluding hydrogens is 333 g/mol. The summed E-state index contributed by atoms with van der Waals surface area (Å²) in [7, 11) is 1.56. The lowest BCUT2D eigenvalue weighted by Gasteiger charge is -2.06. The molecule has 2 heterocycles. The summed E-state index contributed by atoms with van der Waals surface area (Å²) in [6.45, 7) is 1.87. The molecule has 3 rings (SSSR count). The smallest absolute Gasteiger partial charge is 0.273 e. The first-order valence-corrected chi connectivity index (χ1v) is 7.67. The van der Waals surface area contributed by atoms with Gasteiger partial charge in [-0.15, -0.1) is 4.91 Å². The lowest BCUT2D eigenvalue weighted by atomic mass is 10.2. The Morgan fingerprint density at radius 2 is 2.12 bits per heavy atom. The van der Waals surface area contributed by atoms with Crippen molar-refractivity contribution in [3.8, 4) is 15.8 Å². The van der Waals surface area contributed by atoms with E-state index in [4.69, 9.17) is 4.74 Å². The Hall–Kier alpha value is -2.94. The Labute approximate surface area is 140 Å². The van der Waals surface area contributed by atoms with Gasteiger partial charge in [-0.25, -0.2) is 19.3 Å². The van der Waals surface area contributed by atoms with Crippen molar-refractivity contribution in [3.63, 3.8) is 0 Å². The minimum atomic E-state index is -0.683. The fraction of sp³-hybridized carbons (Fsp3) is 0.133. The second kappa shape index (κ2) is 6.67. The molecule has 0 fully saturated rings. The summed E-state index contributed by atoms with van der Waals surface area (Å²) < 4.78 is 18.4. The molecule has 0 aliphatic carbocycles. The number of halogens is 1. The zero-order valence-corrected chi connectivity index (χ0v) is 13.6. The van der Waals surface area contributed by atoms with Crippen molar-refractivity contribution >= 4 is 28.7 Å². The zero-order valence-electron chi connectivity index (χ0n) is 12.8. The van der Waals surface area contributed by atoms with Gasteiger partial charge in [0.15, 0.2) is 5.82 Å². The van der Waals surface area contributed by atoms with Gasteiger partial charge in [-0.1, -0.05) is 11.3 Å². The molecule has 1 N–H and O–H groups in total. The summed E-state index contributed by atoms with van der Waals surface area (Å²) in [5.74, 6) is -0.375. The number of ether oxygens (including phenoxy) is 1. The summed E-state index contributed by atoms with van der Waals surface area (Å²) in [4.78, 5) is 24.3. The first kappa shape index (κ1) is 15.9. The summed E-state index contributed by atoms with van der Waals surface area (Å²) >= 11 is 1.38. The number of nitrogens with one attached hydrogen (secondary N) is 1. The molecule has 24 heavy (non-hydrogen) atoms. The number of anilines is 2. The van der Waals surface area contributed by atoms with Gasteiger partial charge in [-0.3, -0.25) is 0 Å². The van der Waals surface area contributed by atoms with Crippen LogP contribution in [0, 0.1) is 17.6 Å². The van der Waals surface area contributed by atoms with Crippen molar-refractivity contribution in [2.75, 3.05) is 12.4 Å². The molecule has 0 saturated heterocycles. The molecule has 122 valence electrons. The number of benzene rings is 1. The van der Waals surface area contributed by atoms with Gasteiger partial charge in [0, 0.05) is 11.9 Å². The molecule has 0 bridgehead atoms. The van der Waals surface area contributed by atoms with E-state index in [2.05, 4.69) is 25.4 Å². The minimum absolute atomic E-state index is 0.279. The van der Waals surface area contributed by atoms with Crippen molar-refractivity contribution < 1.29 is 9.13 Å². The van der Waals surface area contributed by atoms with Gasteiger partial charge in [0.05, 0.1) is 23.4 Å². The molecule has 0 saturated carbocycles. The number of hydrogen-bond acceptors (Lipinski definition) is 8. The van der Waals surface area contributed by atoms with Gasteiger partial charge in [-0.05, 0) is 36.4 Å². The van der Waals surface area contributed by atoms with Gasteiger partial charge in [0.25, 0.3) is 5.19 Å². The third kappa shape index (κ3) is 3.20. The number of rotatable bonds is 5. The fourth-order valence-electron chi connectivity index (χ4n) is 2.03. The highest BCUT2D eigenvalue weighted by molar-refractivity contribution is 7.17. The average molecular weight is 345 g/mol. The van der Waals surface area contributed by atoms with Crippen LogP contribution in [0.25, 0.3) is 10.6 Å². The average Bonchev–Trinajstić information content (AvgIpc) is 2.98. The number of aryl methyl sites for hydroxylation is 1. The van der Waals surface area contributed by atoms with E-state index in [0.717, 1.165) is 16.6 Å². The molecule has 0 amide bonds. The number of aromatic nitrogens is 3. The summed E-state index contributed by atoms with van der Waals surface area (Å²) in [6, 6.07) is 5.68. The quantitative estimate of drug-likeness (QED) is 0.697. The van der Waals surface area contributed by atoms with Crippen LogP contribution in [0.15, 0.2) is 35.6 Å². The van der Waals surface area contributed by atoms with E-state index < -0.39 is 5.82 Å². The number of thiazole rings is 1. The summed E-state index contributed by atoms with van der Waals surface area (Å²) in [6.07, 6.45) is 1.60. The van der Waals surface area contributed by atoms with Crippen LogP contribution in [-0.2, 0) is 0 Å². The Bertz CT molecular complexity index is 899. The Balaban J connectivity index is 1.90. The fourth-order valence-corrected chi connectivity index (χ4v) is 2.88. The molecule has 9 heteroatoms. The number of methoxy groups -OCH3 is 1. The van der Waals surface area contributed by atoms with Crippen molar-refractivity contribution in [3.05, 3.63) is 46.9 Å². The van der Waals surface area contributed by atoms with Crippen LogP contribution in [0.5, 0.6) is 5.19 Å². The van der Waals surface area contributed by atoms with Crippen molar-refractivity contribution in [2.45, 2.75) is 6.92 Å². The van der Waals surface area contributed by atoms with Crippen LogP contribution >= 0.6 is 11.3 Å². The number of nitroso groups, excluding NO2 is 1. The second-order valence-corrected chi connectivity index (χ2v) is 5.71. The van der Waals surface area contributed by atoms with Gasteiger partial charge in [-0.2, -0.15) is 0 Å². The molecule has 2 aromatic heterocycles. The molecule has 1 aromatic carbocycles. The SMILES string of the molecule is COc1nc(C)c(-c2ccnc(Nc3ccc(F)c(N=O)c3)n2)s1. The monoisotopic (exact) mass is 345 g/mol. The maximum absolute atomic E-state index is 13.3. The lowest BCUT2D eigenvalue weighted by molar-refractivity contribution is 0.411. The van der Waals surface area contributed by atoms with E-state index >= 15 is 0 Å². The molecular formula is C15H12FN5O2S. The Kier molecular flexibility index (Phi) is 4.43. The van der Waals surface area contributed by atoms with Crippen LogP contribution < -0.4 is 10.1 Å². The van der Waals surface area contributed by atoms with E-state index in [1.807, 2.05) is 6.92 Å². The van der Waals surface area contributed by atoms with Crippen LogP contribution in [-0.4, -0.2) is 22.1 Å². The topological polar surface area (TPSA) is 89.4 Å². The van der Waals surface area contributed by atoms with Gasteiger partial charge in [0.1, 0.15) is 5.69 Å². The summed E-state index contributed by atoms with van der Waals surface area (Å²) in [5.41, 5.74) is 1.67. The number of nitrogens with zero attached hydrogens (tertiary/aromatic N) is 4. The van der Waals surface area contributed by atoms with E-state index in [-0.39, 0.29) is 5.69 Å². The Morgan fingerprint density at radius 1 is 1.29 bits per heavy atom. The van der Waals surface area contributed by atoms with Crippen molar-refractivity contribution in [2.24, 2.45) is 5.18 Å². The van der Waals surface area contributed by atoms with Gasteiger partial charge in [0.2, 0.25) is 5.95 Å². The van der Waals surface area contributed by atoms with E-state index in [1.165, 1.54) is 23.5 Å². The molecule has 0 spiro atoms. The molecule has 0 atom stereocenters. The third-order valence-corrected chi connectivity index (χ3v) is 4.28. The highest BCUT2D eigenvalue weighted by Crippen LogP contribution is 2.33. The highest BCUT2D eigenvalue weighted by Gasteiger charge is 2.12. The van der Waals surface area contributed by atoms with Crippen LogP contribution in [0.3, 0.4) is 0 Å². The highest BCUT2D eigenvalue weighted by atomic mass is 32.1. The van der Waals surface area contributed by atoms with Crippen molar-refractivity contribution in [1.82, 2.24) is 15.0 Å². The molecule has 0 radical (unpaired) electrons. The van der Waals surface area contributed by atoms with Gasteiger partial charge >= 0.3 is 0 Å². The van der Waals surface area contributed by atoms with Crippen LogP contribution in [0.4, 0.5) is 21.7 Å². The predicted octanol–water partition coefficient (Wildman–Crippen LogP) is 4.20. The first-order valence-electron chi connectivity index (χ1n) is 6.85. The second-order valence-electron chi connectivity index (χ2n) is 4.75. The molecule has 0 aliphatic rings. The maximum atomic E-state index is 13.3. The van der Waals surface area contributed by atoms with E-state index in [9.17, 15) is 9.30 Å². The van der Waals surface area contributed by atoms with Crippen molar-refractivity contribution in [1.29, 1.82) is 0 Å². The van der Waals surface area contributed by atoms with Gasteiger partial charge < -0.3 is 10.1 Å². The predicted molar refractivity (Wildman–Crippen MR) is 89.6 cm³/mol. The van der Waals surface area contributed by atoms with E-state index in [0.29, 0.717) is 22.5 Å².